The van der Waals surface area contributed by atoms with Crippen LogP contribution in [-0.2, 0) is 9.53 Å². The Hall–Kier alpha value is -2.77. The smallest absolute Gasteiger partial charge is 0.409 e. The largest absolute Gasteiger partial charge is 0.494 e. The highest BCUT2D eigenvalue weighted by Crippen LogP contribution is 2.12. The molecule has 0 radical (unpaired) electrons. The molecule has 1 heterocycles. The summed E-state index contributed by atoms with van der Waals surface area (Å²) in [5.41, 5.74) is 0.469. The van der Waals surface area contributed by atoms with Crippen molar-refractivity contribution in [1.29, 1.82) is 0 Å². The molecule has 2 rings (SSSR count). The minimum Gasteiger partial charge on any atom is -0.494 e. The van der Waals surface area contributed by atoms with E-state index in [0.717, 1.165) is 0 Å². The molecule has 1 aliphatic heterocycles. The van der Waals surface area contributed by atoms with Gasteiger partial charge in [0.15, 0.2) is 0 Å². The van der Waals surface area contributed by atoms with E-state index in [1.807, 2.05) is 20.8 Å². The topological polar surface area (TPSA) is 88.2 Å². The summed E-state index contributed by atoms with van der Waals surface area (Å²) in [6.45, 7) is 8.68. The second-order valence-electron chi connectivity index (χ2n) is 7.33. The monoisotopic (exact) mass is 405 g/mol. The Balaban J connectivity index is 1.78. The van der Waals surface area contributed by atoms with Crippen LogP contribution < -0.4 is 10.1 Å². The van der Waals surface area contributed by atoms with Gasteiger partial charge in [-0.2, -0.15) is 0 Å². The molecule has 8 heteroatoms. The molecule has 29 heavy (non-hydrogen) atoms. The molecule has 0 bridgehead atoms. The molecular formula is C21H31N3O5. The van der Waals surface area contributed by atoms with E-state index >= 15 is 0 Å². The normalized spacial score (nSPS) is 14.3. The SMILES string of the molecule is CCOc1ccc(C(=O)NCC(=O)N2CCCN(C(=O)OCC(C)C)CC2)cc1. The number of amides is 3. The Labute approximate surface area is 172 Å². The van der Waals surface area contributed by atoms with E-state index in [1.54, 1.807) is 34.1 Å². The van der Waals surface area contributed by atoms with Crippen LogP contribution in [0.5, 0.6) is 5.75 Å². The molecule has 3 amide bonds. The summed E-state index contributed by atoms with van der Waals surface area (Å²) in [6.07, 6.45) is 0.340. The third kappa shape index (κ3) is 7.29. The van der Waals surface area contributed by atoms with Gasteiger partial charge >= 0.3 is 6.09 Å². The van der Waals surface area contributed by atoms with Crippen LogP contribution >= 0.6 is 0 Å². The van der Waals surface area contributed by atoms with Crippen LogP contribution in [0.25, 0.3) is 0 Å². The number of benzene rings is 1. The van der Waals surface area contributed by atoms with Gasteiger partial charge in [0.25, 0.3) is 5.91 Å². The maximum Gasteiger partial charge on any atom is 0.409 e. The molecule has 8 nitrogen and oxygen atoms in total. The average molecular weight is 405 g/mol. The van der Waals surface area contributed by atoms with Gasteiger partial charge in [-0.15, -0.1) is 0 Å². The summed E-state index contributed by atoms with van der Waals surface area (Å²) in [4.78, 5) is 40.1. The van der Waals surface area contributed by atoms with E-state index in [0.29, 0.717) is 57.1 Å². The zero-order chi connectivity index (χ0) is 21.2. The second kappa shape index (κ2) is 11.3. The molecule has 0 spiro atoms. The highest BCUT2D eigenvalue weighted by molar-refractivity contribution is 5.96. The van der Waals surface area contributed by atoms with Gasteiger partial charge in [0.1, 0.15) is 5.75 Å². The number of hydrogen-bond donors (Lipinski definition) is 1. The summed E-state index contributed by atoms with van der Waals surface area (Å²) in [5.74, 6) is 0.501. The van der Waals surface area contributed by atoms with E-state index in [2.05, 4.69) is 5.32 Å². The number of ether oxygens (including phenoxy) is 2. The molecule has 160 valence electrons. The fraction of sp³-hybridized carbons (Fsp3) is 0.571. The maximum atomic E-state index is 12.5. The first-order valence-corrected chi connectivity index (χ1v) is 10.1. The summed E-state index contributed by atoms with van der Waals surface area (Å²) in [7, 11) is 0. The van der Waals surface area contributed by atoms with Gasteiger partial charge in [-0.1, -0.05) is 13.8 Å². The molecule has 1 aliphatic rings. The summed E-state index contributed by atoms with van der Waals surface area (Å²) < 4.78 is 10.6. The predicted molar refractivity (Wildman–Crippen MR) is 109 cm³/mol. The van der Waals surface area contributed by atoms with Gasteiger partial charge in [0.05, 0.1) is 19.8 Å². The van der Waals surface area contributed by atoms with Gasteiger partial charge in [-0.25, -0.2) is 4.79 Å². The quantitative estimate of drug-likeness (QED) is 0.751. The minimum atomic E-state index is -0.336. The molecule has 1 aromatic rings. The Bertz CT molecular complexity index is 690. The van der Waals surface area contributed by atoms with Crippen molar-refractivity contribution in [3.05, 3.63) is 29.8 Å². The van der Waals surface area contributed by atoms with Crippen molar-refractivity contribution in [3.63, 3.8) is 0 Å². The first-order valence-electron chi connectivity index (χ1n) is 10.1. The van der Waals surface area contributed by atoms with Crippen molar-refractivity contribution >= 4 is 17.9 Å². The number of nitrogens with one attached hydrogen (secondary N) is 1. The van der Waals surface area contributed by atoms with E-state index in [4.69, 9.17) is 9.47 Å². The van der Waals surface area contributed by atoms with Crippen LogP contribution in [0.2, 0.25) is 0 Å². The van der Waals surface area contributed by atoms with Crippen molar-refractivity contribution in [3.8, 4) is 5.75 Å². The fourth-order valence-corrected chi connectivity index (χ4v) is 2.92. The van der Waals surface area contributed by atoms with Gasteiger partial charge in [-0.05, 0) is 43.5 Å². The van der Waals surface area contributed by atoms with Crippen molar-refractivity contribution < 1.29 is 23.9 Å². The van der Waals surface area contributed by atoms with E-state index in [-0.39, 0.29) is 30.4 Å². The fourth-order valence-electron chi connectivity index (χ4n) is 2.92. The van der Waals surface area contributed by atoms with Crippen LogP contribution in [-0.4, -0.2) is 73.6 Å². The molecule has 0 atom stereocenters. The first kappa shape index (κ1) is 22.5. The van der Waals surface area contributed by atoms with Crippen LogP contribution in [0.1, 0.15) is 37.6 Å². The summed E-state index contributed by atoms with van der Waals surface area (Å²) >= 11 is 0. The Morgan fingerprint density at radius 1 is 1.03 bits per heavy atom. The zero-order valence-corrected chi connectivity index (χ0v) is 17.5. The van der Waals surface area contributed by atoms with Crippen molar-refractivity contribution in [2.24, 2.45) is 5.92 Å². The van der Waals surface area contributed by atoms with Gasteiger partial charge in [0.2, 0.25) is 5.91 Å². The van der Waals surface area contributed by atoms with Crippen LogP contribution in [0.4, 0.5) is 4.79 Å². The lowest BCUT2D eigenvalue weighted by Crippen LogP contribution is -2.42. The van der Waals surface area contributed by atoms with Crippen LogP contribution in [0, 0.1) is 5.92 Å². The third-order valence-corrected chi connectivity index (χ3v) is 4.47. The second-order valence-corrected chi connectivity index (χ2v) is 7.33. The predicted octanol–water partition coefficient (Wildman–Crippen LogP) is 2.14. The number of rotatable bonds is 7. The van der Waals surface area contributed by atoms with Gasteiger partial charge in [0, 0.05) is 31.7 Å². The number of carbonyl (C=O) groups is 3. The molecule has 1 fully saturated rings. The molecule has 0 unspecified atom stereocenters. The maximum absolute atomic E-state index is 12.5. The molecule has 0 aromatic heterocycles. The third-order valence-electron chi connectivity index (χ3n) is 4.47. The lowest BCUT2D eigenvalue weighted by Gasteiger charge is -2.22. The lowest BCUT2D eigenvalue weighted by atomic mass is 10.2. The van der Waals surface area contributed by atoms with E-state index < -0.39 is 0 Å². The molecular weight excluding hydrogens is 374 g/mol. The summed E-state index contributed by atoms with van der Waals surface area (Å²) in [5, 5.41) is 2.66. The number of hydrogen-bond acceptors (Lipinski definition) is 5. The standard InChI is InChI=1S/C21H31N3O5/c1-4-28-18-8-6-17(7-9-18)20(26)22-14-19(25)23-10-5-11-24(13-12-23)21(27)29-15-16(2)3/h6-9,16H,4-5,10-15H2,1-3H3,(H,22,26). The molecule has 1 aromatic carbocycles. The van der Waals surface area contributed by atoms with Crippen molar-refractivity contribution in [2.45, 2.75) is 27.2 Å². The molecule has 1 saturated heterocycles. The highest BCUT2D eigenvalue weighted by Gasteiger charge is 2.23. The first-order chi connectivity index (χ1) is 13.9. The van der Waals surface area contributed by atoms with Crippen LogP contribution in [0.3, 0.4) is 0 Å². The lowest BCUT2D eigenvalue weighted by molar-refractivity contribution is -0.130. The van der Waals surface area contributed by atoms with E-state index in [1.165, 1.54) is 0 Å². The van der Waals surface area contributed by atoms with Crippen molar-refractivity contribution in [2.75, 3.05) is 45.9 Å². The Kier molecular flexibility index (Phi) is 8.76. The van der Waals surface area contributed by atoms with E-state index in [9.17, 15) is 14.4 Å². The number of nitrogens with zero attached hydrogens (tertiary/aromatic N) is 2. The Morgan fingerprint density at radius 3 is 2.34 bits per heavy atom. The average Bonchev–Trinajstić information content (AvgIpc) is 2.97. The Morgan fingerprint density at radius 2 is 1.69 bits per heavy atom. The minimum absolute atomic E-state index is 0.0795. The van der Waals surface area contributed by atoms with Crippen molar-refractivity contribution in [1.82, 2.24) is 15.1 Å². The zero-order valence-electron chi connectivity index (χ0n) is 17.5. The summed E-state index contributed by atoms with van der Waals surface area (Å²) in [6, 6.07) is 6.78. The molecule has 0 saturated carbocycles. The molecule has 1 N–H and O–H groups in total. The van der Waals surface area contributed by atoms with Gasteiger partial charge < -0.3 is 24.6 Å². The van der Waals surface area contributed by atoms with Crippen LogP contribution in [0.15, 0.2) is 24.3 Å². The van der Waals surface area contributed by atoms with Gasteiger partial charge in [-0.3, -0.25) is 9.59 Å². The highest BCUT2D eigenvalue weighted by atomic mass is 16.6. The molecule has 0 aliphatic carbocycles. The number of carbonyl (C=O) groups excluding carboxylic acids is 3.